The minimum absolute atomic E-state index is 0.107. The summed E-state index contributed by atoms with van der Waals surface area (Å²) in [6.45, 7) is 7.97. The molecule has 8 heteroatoms. The zero-order chi connectivity index (χ0) is 20.8. The molecule has 4 aliphatic heterocycles. The van der Waals surface area contributed by atoms with Gasteiger partial charge in [-0.15, -0.1) is 0 Å². The number of aryl methyl sites for hydroxylation is 2. The van der Waals surface area contributed by atoms with E-state index in [1.54, 1.807) is 6.20 Å². The Labute approximate surface area is 177 Å². The van der Waals surface area contributed by atoms with Crippen LogP contribution in [-0.4, -0.2) is 83.1 Å². The van der Waals surface area contributed by atoms with Crippen LogP contribution in [0.15, 0.2) is 6.20 Å². The van der Waals surface area contributed by atoms with Crippen LogP contribution in [0, 0.1) is 25.7 Å². The summed E-state index contributed by atoms with van der Waals surface area (Å²) in [4.78, 5) is 42.2. The predicted octanol–water partition coefficient (Wildman–Crippen LogP) is 1.16. The molecule has 30 heavy (non-hydrogen) atoms. The fraction of sp³-hybridized carbons (Fsp3) is 0.727. The van der Waals surface area contributed by atoms with Gasteiger partial charge in [0, 0.05) is 50.8 Å². The number of piperidine rings is 3. The minimum atomic E-state index is -0.363. The van der Waals surface area contributed by atoms with E-state index in [2.05, 4.69) is 9.88 Å². The van der Waals surface area contributed by atoms with Crippen molar-refractivity contribution in [2.45, 2.75) is 51.6 Å². The number of carbonyl (C=O) groups is 2. The lowest BCUT2D eigenvalue weighted by Gasteiger charge is -2.56. The maximum atomic E-state index is 13.6. The molecule has 0 aliphatic carbocycles. The first-order valence-corrected chi connectivity index (χ1v) is 11.3. The molecule has 0 saturated carbocycles. The summed E-state index contributed by atoms with van der Waals surface area (Å²) in [5.41, 5.74) is 1.83. The smallest absolute Gasteiger partial charge is 0.245 e. The molecule has 0 unspecified atom stereocenters. The second-order valence-corrected chi connectivity index (χ2v) is 9.22. The number of ether oxygens (including phenoxy) is 1. The van der Waals surface area contributed by atoms with Gasteiger partial charge in [-0.25, -0.2) is 4.98 Å². The Morgan fingerprint density at radius 1 is 1.17 bits per heavy atom. The van der Waals surface area contributed by atoms with Gasteiger partial charge in [0.15, 0.2) is 0 Å². The van der Waals surface area contributed by atoms with Crippen molar-refractivity contribution in [2.24, 2.45) is 11.8 Å². The van der Waals surface area contributed by atoms with Gasteiger partial charge in [-0.2, -0.15) is 0 Å². The van der Waals surface area contributed by atoms with Crippen LogP contribution in [0.4, 0.5) is 5.82 Å². The normalized spacial score (nSPS) is 31.5. The largest absolute Gasteiger partial charge is 0.378 e. The molecule has 4 aliphatic rings. The SMILES string of the molecule is Cc1cnc(C)c(N2C[C@@H]3C[C@H](C2)[C@H](C(=O)N2CCOCC2)N2C(=O)CCC[C@@H]32)n1. The number of aromatic nitrogens is 2. The molecule has 8 nitrogen and oxygen atoms in total. The molecular formula is C22H31N5O3. The van der Waals surface area contributed by atoms with Crippen molar-refractivity contribution in [3.8, 4) is 0 Å². The summed E-state index contributed by atoms with van der Waals surface area (Å²) in [7, 11) is 0. The van der Waals surface area contributed by atoms with Crippen molar-refractivity contribution in [3.05, 3.63) is 17.6 Å². The first kappa shape index (κ1) is 19.7. The van der Waals surface area contributed by atoms with E-state index in [1.165, 1.54) is 0 Å². The first-order valence-electron chi connectivity index (χ1n) is 11.3. The number of morpholine rings is 1. The molecule has 2 amide bonds. The zero-order valence-electron chi connectivity index (χ0n) is 17.9. The highest BCUT2D eigenvalue weighted by Gasteiger charge is 2.53. The molecular weight excluding hydrogens is 382 g/mol. The molecule has 5 rings (SSSR count). The van der Waals surface area contributed by atoms with E-state index < -0.39 is 0 Å². The maximum absolute atomic E-state index is 13.6. The van der Waals surface area contributed by atoms with Gasteiger partial charge in [0.1, 0.15) is 11.9 Å². The third-order valence-electron chi connectivity index (χ3n) is 7.27. The minimum Gasteiger partial charge on any atom is -0.378 e. The lowest BCUT2D eigenvalue weighted by Crippen LogP contribution is -2.69. The van der Waals surface area contributed by atoms with Gasteiger partial charge < -0.3 is 19.4 Å². The van der Waals surface area contributed by atoms with Crippen LogP contribution >= 0.6 is 0 Å². The number of fused-ring (bicyclic) bond motifs is 4. The monoisotopic (exact) mass is 413 g/mol. The lowest BCUT2D eigenvalue weighted by molar-refractivity contribution is -0.163. The topological polar surface area (TPSA) is 78.9 Å². The molecule has 5 heterocycles. The molecule has 162 valence electrons. The number of hydrogen-bond acceptors (Lipinski definition) is 6. The van der Waals surface area contributed by atoms with E-state index in [9.17, 15) is 9.59 Å². The molecule has 0 spiro atoms. The van der Waals surface area contributed by atoms with Gasteiger partial charge in [0.25, 0.3) is 0 Å². The average Bonchev–Trinajstić information content (AvgIpc) is 2.76. The number of carbonyl (C=O) groups excluding carboxylic acids is 2. The molecule has 1 aromatic rings. The average molecular weight is 414 g/mol. The second-order valence-electron chi connectivity index (χ2n) is 9.22. The van der Waals surface area contributed by atoms with Gasteiger partial charge in [-0.05, 0) is 39.0 Å². The molecule has 1 aromatic heterocycles. The number of amides is 2. The summed E-state index contributed by atoms with van der Waals surface area (Å²) >= 11 is 0. The fourth-order valence-electron chi connectivity index (χ4n) is 5.94. The van der Waals surface area contributed by atoms with E-state index >= 15 is 0 Å². The van der Waals surface area contributed by atoms with Crippen LogP contribution < -0.4 is 4.90 Å². The fourth-order valence-corrected chi connectivity index (χ4v) is 5.94. The number of hydrogen-bond donors (Lipinski definition) is 0. The summed E-state index contributed by atoms with van der Waals surface area (Å²) in [6, 6.07) is -0.212. The van der Waals surface area contributed by atoms with Crippen LogP contribution in [0.25, 0.3) is 0 Å². The summed E-state index contributed by atoms with van der Waals surface area (Å²) < 4.78 is 5.45. The van der Waals surface area contributed by atoms with Gasteiger partial charge in [0.2, 0.25) is 11.8 Å². The van der Waals surface area contributed by atoms with Crippen molar-refractivity contribution in [1.82, 2.24) is 19.8 Å². The molecule has 4 atom stereocenters. The Morgan fingerprint density at radius 3 is 2.73 bits per heavy atom. The Kier molecular flexibility index (Phi) is 5.13. The number of anilines is 1. The predicted molar refractivity (Wildman–Crippen MR) is 111 cm³/mol. The zero-order valence-corrected chi connectivity index (χ0v) is 17.9. The Bertz CT molecular complexity index is 840. The Hall–Kier alpha value is -2.22. The number of rotatable bonds is 2. The summed E-state index contributed by atoms with van der Waals surface area (Å²) in [5, 5.41) is 0. The van der Waals surface area contributed by atoms with E-state index in [4.69, 9.17) is 9.72 Å². The Morgan fingerprint density at radius 2 is 1.93 bits per heavy atom. The molecule has 4 saturated heterocycles. The van der Waals surface area contributed by atoms with Gasteiger partial charge >= 0.3 is 0 Å². The lowest BCUT2D eigenvalue weighted by atomic mass is 9.71. The maximum Gasteiger partial charge on any atom is 0.245 e. The Balaban J connectivity index is 1.48. The second kappa shape index (κ2) is 7.80. The molecule has 0 N–H and O–H groups in total. The van der Waals surface area contributed by atoms with Gasteiger partial charge in [0.05, 0.1) is 24.6 Å². The van der Waals surface area contributed by atoms with Crippen LogP contribution in [0.3, 0.4) is 0 Å². The van der Waals surface area contributed by atoms with Crippen molar-refractivity contribution >= 4 is 17.6 Å². The molecule has 0 aromatic carbocycles. The van der Waals surface area contributed by atoms with Gasteiger partial charge in [-0.3, -0.25) is 14.6 Å². The van der Waals surface area contributed by atoms with E-state index in [1.807, 2.05) is 23.6 Å². The molecule has 0 radical (unpaired) electrons. The third kappa shape index (κ3) is 3.35. The van der Waals surface area contributed by atoms with E-state index in [0.29, 0.717) is 38.6 Å². The highest BCUT2D eigenvalue weighted by atomic mass is 16.5. The first-order chi connectivity index (χ1) is 14.5. The summed E-state index contributed by atoms with van der Waals surface area (Å²) in [6.07, 6.45) is 5.28. The van der Waals surface area contributed by atoms with E-state index in [0.717, 1.165) is 49.6 Å². The third-order valence-corrected chi connectivity index (χ3v) is 7.27. The van der Waals surface area contributed by atoms with E-state index in [-0.39, 0.29) is 29.8 Å². The quantitative estimate of drug-likeness (QED) is 0.724. The van der Waals surface area contributed by atoms with Crippen molar-refractivity contribution in [2.75, 3.05) is 44.3 Å². The standard InChI is InChI=1S/C22H31N5O3/c1-14-11-23-15(2)21(24-14)26-12-16-10-17(13-26)20(22(29)25-6-8-30-9-7-25)27-18(16)4-3-5-19(27)28/h11,16-18,20H,3-10,12-13H2,1-2H3/t16-,17+,18-,20+/m0/s1. The molecule has 2 bridgehead atoms. The van der Waals surface area contributed by atoms with Crippen molar-refractivity contribution in [1.29, 1.82) is 0 Å². The van der Waals surface area contributed by atoms with Crippen LogP contribution in [-0.2, 0) is 14.3 Å². The van der Waals surface area contributed by atoms with Crippen molar-refractivity contribution in [3.63, 3.8) is 0 Å². The summed E-state index contributed by atoms with van der Waals surface area (Å²) in [5.74, 6) is 1.70. The van der Waals surface area contributed by atoms with Crippen LogP contribution in [0.5, 0.6) is 0 Å². The van der Waals surface area contributed by atoms with Gasteiger partial charge in [-0.1, -0.05) is 0 Å². The highest BCUT2D eigenvalue weighted by Crippen LogP contribution is 2.43. The van der Waals surface area contributed by atoms with Crippen LogP contribution in [0.1, 0.15) is 37.1 Å². The van der Waals surface area contributed by atoms with Crippen molar-refractivity contribution < 1.29 is 14.3 Å². The molecule has 4 fully saturated rings. The highest BCUT2D eigenvalue weighted by molar-refractivity contribution is 5.89. The van der Waals surface area contributed by atoms with Crippen LogP contribution in [0.2, 0.25) is 0 Å². The number of nitrogens with zero attached hydrogens (tertiary/aromatic N) is 5.